The lowest BCUT2D eigenvalue weighted by Gasteiger charge is -2.22. The number of hydrogen-bond donors (Lipinski definition) is 1. The molecule has 0 saturated carbocycles. The third kappa shape index (κ3) is 3.87. The van der Waals surface area contributed by atoms with Crippen LogP contribution in [-0.2, 0) is 29.0 Å². The van der Waals surface area contributed by atoms with Crippen molar-refractivity contribution in [1.82, 2.24) is 35.1 Å². The first-order valence-electron chi connectivity index (χ1n) is 10.4. The molecule has 1 aromatic carbocycles. The molecule has 152 valence electrons. The molecule has 4 heterocycles. The van der Waals surface area contributed by atoms with Crippen molar-refractivity contribution in [3.8, 4) is 0 Å². The summed E-state index contributed by atoms with van der Waals surface area (Å²) in [5, 5.41) is 20.8. The number of rotatable bonds is 4. The second-order valence-corrected chi connectivity index (χ2v) is 7.82. The highest BCUT2D eigenvalue weighted by Gasteiger charge is 2.26. The van der Waals surface area contributed by atoms with Crippen LogP contribution in [0.4, 0.5) is 0 Å². The van der Waals surface area contributed by atoms with Crippen LogP contribution in [0, 0.1) is 0 Å². The third-order valence-corrected chi connectivity index (χ3v) is 5.84. The van der Waals surface area contributed by atoms with Gasteiger partial charge in [-0.3, -0.25) is 4.79 Å². The van der Waals surface area contributed by atoms with E-state index in [1.807, 2.05) is 24.3 Å². The van der Waals surface area contributed by atoms with Crippen molar-refractivity contribution in [3.05, 3.63) is 35.9 Å². The van der Waals surface area contributed by atoms with E-state index in [4.69, 9.17) is 4.74 Å². The number of hydrogen-bond acceptors (Lipinski definition) is 6. The number of benzene rings is 1. The van der Waals surface area contributed by atoms with Crippen molar-refractivity contribution < 1.29 is 9.53 Å². The number of aryl methyl sites for hydroxylation is 1. The molecule has 0 radical (unpaired) electrons. The van der Waals surface area contributed by atoms with Gasteiger partial charge in [0.1, 0.15) is 29.2 Å². The fraction of sp³-hybridized carbons (Fsp3) is 0.550. The van der Waals surface area contributed by atoms with Crippen LogP contribution in [0.1, 0.15) is 43.3 Å². The second-order valence-electron chi connectivity index (χ2n) is 7.82. The Morgan fingerprint density at radius 3 is 2.59 bits per heavy atom. The fourth-order valence-electron chi connectivity index (χ4n) is 4.29. The van der Waals surface area contributed by atoms with Gasteiger partial charge in [-0.2, -0.15) is 15.0 Å². The maximum atomic E-state index is 12.5. The molecule has 5 rings (SSSR count). The van der Waals surface area contributed by atoms with Crippen LogP contribution in [0.15, 0.2) is 24.3 Å². The minimum Gasteiger partial charge on any atom is -0.381 e. The zero-order valence-corrected chi connectivity index (χ0v) is 16.3. The molecule has 0 spiro atoms. The lowest BCUT2D eigenvalue weighted by molar-refractivity contribution is -0.122. The monoisotopic (exact) mass is 395 g/mol. The highest BCUT2D eigenvalue weighted by atomic mass is 16.5. The standard InChI is InChI=1S/C20H25N7O2/c28-19(13-27-24-16-3-1-2-4-17(16)25-27)21-15-5-6-18-22-23-20(26(18)10-7-15)14-8-11-29-12-9-14/h1-4,14-15H,5-13H2,(H,21,28). The first-order valence-corrected chi connectivity index (χ1v) is 10.4. The van der Waals surface area contributed by atoms with Gasteiger partial charge in [0.2, 0.25) is 5.91 Å². The molecule has 29 heavy (non-hydrogen) atoms. The first-order chi connectivity index (χ1) is 14.3. The zero-order chi connectivity index (χ0) is 19.6. The Balaban J connectivity index is 1.20. The molecule has 0 bridgehead atoms. The van der Waals surface area contributed by atoms with Crippen LogP contribution in [0.5, 0.6) is 0 Å². The summed E-state index contributed by atoms with van der Waals surface area (Å²) in [4.78, 5) is 14.0. The zero-order valence-electron chi connectivity index (χ0n) is 16.3. The lowest BCUT2D eigenvalue weighted by atomic mass is 9.99. The van der Waals surface area contributed by atoms with Gasteiger partial charge in [-0.05, 0) is 37.8 Å². The van der Waals surface area contributed by atoms with E-state index in [2.05, 4.69) is 30.3 Å². The summed E-state index contributed by atoms with van der Waals surface area (Å²) in [6, 6.07) is 7.75. The van der Waals surface area contributed by atoms with E-state index in [0.717, 1.165) is 74.5 Å². The maximum Gasteiger partial charge on any atom is 0.243 e. The van der Waals surface area contributed by atoms with E-state index in [1.54, 1.807) is 0 Å². The Morgan fingerprint density at radius 2 is 1.83 bits per heavy atom. The number of carbonyl (C=O) groups excluding carboxylic acids is 1. The number of ether oxygens (including phenoxy) is 1. The Morgan fingerprint density at radius 1 is 1.07 bits per heavy atom. The molecule has 1 atom stereocenters. The third-order valence-electron chi connectivity index (χ3n) is 5.84. The average Bonchev–Trinajstić information content (AvgIpc) is 3.28. The molecule has 9 nitrogen and oxygen atoms in total. The smallest absolute Gasteiger partial charge is 0.243 e. The number of nitrogens with one attached hydrogen (secondary N) is 1. The Labute approximate surface area is 168 Å². The highest BCUT2D eigenvalue weighted by Crippen LogP contribution is 2.27. The molecule has 1 unspecified atom stereocenters. The van der Waals surface area contributed by atoms with E-state index < -0.39 is 0 Å². The van der Waals surface area contributed by atoms with E-state index in [-0.39, 0.29) is 18.5 Å². The van der Waals surface area contributed by atoms with Crippen molar-refractivity contribution in [2.24, 2.45) is 0 Å². The molecule has 1 saturated heterocycles. The van der Waals surface area contributed by atoms with Crippen molar-refractivity contribution in [2.45, 2.75) is 57.2 Å². The fourth-order valence-corrected chi connectivity index (χ4v) is 4.29. The molecule has 2 aliphatic rings. The van der Waals surface area contributed by atoms with Crippen LogP contribution in [0.2, 0.25) is 0 Å². The van der Waals surface area contributed by atoms with Crippen molar-refractivity contribution >= 4 is 16.9 Å². The predicted molar refractivity (Wildman–Crippen MR) is 105 cm³/mol. The minimum absolute atomic E-state index is 0.0578. The van der Waals surface area contributed by atoms with Crippen molar-refractivity contribution in [3.63, 3.8) is 0 Å². The average molecular weight is 395 g/mol. The summed E-state index contributed by atoms with van der Waals surface area (Å²) in [5.74, 6) is 2.49. The van der Waals surface area contributed by atoms with Gasteiger partial charge in [0.25, 0.3) is 0 Å². The summed E-state index contributed by atoms with van der Waals surface area (Å²) in [5.41, 5.74) is 1.60. The van der Waals surface area contributed by atoms with E-state index >= 15 is 0 Å². The summed E-state index contributed by atoms with van der Waals surface area (Å²) >= 11 is 0. The number of aromatic nitrogens is 6. The van der Waals surface area contributed by atoms with Gasteiger partial charge in [-0.1, -0.05) is 12.1 Å². The molecule has 1 amide bonds. The molecular weight excluding hydrogens is 370 g/mol. The van der Waals surface area contributed by atoms with E-state index in [0.29, 0.717) is 5.92 Å². The van der Waals surface area contributed by atoms with Gasteiger partial charge in [0.05, 0.1) is 0 Å². The van der Waals surface area contributed by atoms with Crippen LogP contribution in [0.3, 0.4) is 0 Å². The first kappa shape index (κ1) is 18.2. The van der Waals surface area contributed by atoms with Gasteiger partial charge in [0.15, 0.2) is 0 Å². The topological polar surface area (TPSA) is 99.8 Å². The molecule has 0 aliphatic carbocycles. The number of carbonyl (C=O) groups is 1. The molecule has 2 aromatic heterocycles. The van der Waals surface area contributed by atoms with Crippen LogP contribution in [0.25, 0.3) is 11.0 Å². The summed E-state index contributed by atoms with van der Waals surface area (Å²) in [6.45, 7) is 2.55. The number of amides is 1. The SMILES string of the molecule is O=C(Cn1nc2ccccc2n1)NC1CCc2nnc(C3CCOCC3)n2CC1. The maximum absolute atomic E-state index is 12.5. The van der Waals surface area contributed by atoms with E-state index in [9.17, 15) is 4.79 Å². The number of nitrogens with zero attached hydrogens (tertiary/aromatic N) is 6. The lowest BCUT2D eigenvalue weighted by Crippen LogP contribution is -2.37. The molecule has 9 heteroatoms. The molecule has 2 aliphatic heterocycles. The van der Waals surface area contributed by atoms with Gasteiger partial charge >= 0.3 is 0 Å². The summed E-state index contributed by atoms with van der Waals surface area (Å²) in [6.07, 6.45) is 4.58. The van der Waals surface area contributed by atoms with E-state index in [1.165, 1.54) is 4.80 Å². The molecule has 1 N–H and O–H groups in total. The van der Waals surface area contributed by atoms with Gasteiger partial charge in [0, 0.05) is 38.1 Å². The highest BCUT2D eigenvalue weighted by molar-refractivity contribution is 5.77. The Bertz CT molecular complexity index is 972. The van der Waals surface area contributed by atoms with Gasteiger partial charge < -0.3 is 14.6 Å². The molecular formula is C20H25N7O2. The molecule has 3 aromatic rings. The Hall–Kier alpha value is -2.81. The van der Waals surface area contributed by atoms with Crippen molar-refractivity contribution in [1.29, 1.82) is 0 Å². The summed E-state index contributed by atoms with van der Waals surface area (Å²) in [7, 11) is 0. The van der Waals surface area contributed by atoms with Crippen LogP contribution in [-0.4, -0.2) is 54.9 Å². The van der Waals surface area contributed by atoms with Crippen LogP contribution < -0.4 is 5.32 Å². The predicted octanol–water partition coefficient (Wildman–Crippen LogP) is 1.44. The largest absolute Gasteiger partial charge is 0.381 e. The molecule has 1 fully saturated rings. The van der Waals surface area contributed by atoms with Gasteiger partial charge in [-0.15, -0.1) is 10.2 Å². The second kappa shape index (κ2) is 7.90. The quantitative estimate of drug-likeness (QED) is 0.718. The summed E-state index contributed by atoms with van der Waals surface area (Å²) < 4.78 is 7.75. The van der Waals surface area contributed by atoms with Gasteiger partial charge in [-0.25, -0.2) is 0 Å². The number of fused-ring (bicyclic) bond motifs is 2. The minimum atomic E-state index is -0.0578. The van der Waals surface area contributed by atoms with Crippen LogP contribution >= 0.6 is 0 Å². The normalized spacial score (nSPS) is 20.3. The van der Waals surface area contributed by atoms with Crippen molar-refractivity contribution in [2.75, 3.05) is 13.2 Å². The Kier molecular flexibility index (Phi) is 4.97.